The van der Waals surface area contributed by atoms with Gasteiger partial charge in [0, 0.05) is 16.6 Å². The van der Waals surface area contributed by atoms with E-state index in [4.69, 9.17) is 5.73 Å². The first kappa shape index (κ1) is 9.85. The lowest BCUT2D eigenvalue weighted by molar-refractivity contribution is 0.741. The van der Waals surface area contributed by atoms with Gasteiger partial charge in [-0.05, 0) is 30.4 Å². The molecular formula is C13H17N3. The molecule has 3 N–H and O–H groups in total. The highest BCUT2D eigenvalue weighted by atomic mass is 15.1. The van der Waals surface area contributed by atoms with E-state index in [1.165, 1.54) is 16.6 Å². The smallest absolute Gasteiger partial charge is 0.0927 e. The van der Waals surface area contributed by atoms with Crippen LogP contribution in [0.1, 0.15) is 43.9 Å². The average Bonchev–Trinajstić information content (AvgIpc) is 2.87. The Bertz CT molecular complexity index is 535. The zero-order chi connectivity index (χ0) is 11.3. The van der Waals surface area contributed by atoms with E-state index in [9.17, 15) is 0 Å². The highest BCUT2D eigenvalue weighted by Crippen LogP contribution is 2.43. The zero-order valence-electron chi connectivity index (χ0n) is 9.75. The van der Waals surface area contributed by atoms with E-state index in [0.29, 0.717) is 5.92 Å². The van der Waals surface area contributed by atoms with Crippen molar-refractivity contribution >= 4 is 10.9 Å². The molecule has 1 aromatic heterocycles. The molecule has 0 unspecified atom stereocenters. The van der Waals surface area contributed by atoms with Crippen LogP contribution < -0.4 is 5.73 Å². The van der Waals surface area contributed by atoms with Gasteiger partial charge < -0.3 is 5.73 Å². The minimum absolute atomic E-state index is 0.0644. The summed E-state index contributed by atoms with van der Waals surface area (Å²) in [6, 6.07) is 6.43. The lowest BCUT2D eigenvalue weighted by Gasteiger charge is -2.08. The molecule has 1 aliphatic rings. The van der Waals surface area contributed by atoms with Crippen molar-refractivity contribution in [3.8, 4) is 0 Å². The molecule has 3 nitrogen and oxygen atoms in total. The maximum Gasteiger partial charge on any atom is 0.0927 e. The van der Waals surface area contributed by atoms with Gasteiger partial charge in [-0.15, -0.1) is 0 Å². The summed E-state index contributed by atoms with van der Waals surface area (Å²) in [5.74, 6) is 0.476. The number of fused-ring (bicyclic) bond motifs is 1. The van der Waals surface area contributed by atoms with Gasteiger partial charge in [-0.2, -0.15) is 5.10 Å². The van der Waals surface area contributed by atoms with Crippen molar-refractivity contribution in [1.29, 1.82) is 0 Å². The van der Waals surface area contributed by atoms with Crippen molar-refractivity contribution in [2.24, 2.45) is 5.73 Å². The Morgan fingerprint density at radius 3 is 2.75 bits per heavy atom. The number of benzene rings is 1. The molecule has 0 spiro atoms. The van der Waals surface area contributed by atoms with Gasteiger partial charge in [-0.1, -0.05) is 26.0 Å². The zero-order valence-corrected chi connectivity index (χ0v) is 9.75. The Morgan fingerprint density at radius 2 is 2.12 bits per heavy atom. The topological polar surface area (TPSA) is 54.7 Å². The molecule has 3 heteroatoms. The number of nitrogens with two attached hydrogens (primary N) is 1. The molecule has 0 saturated heterocycles. The number of rotatable bonds is 2. The molecule has 0 bridgehead atoms. The van der Waals surface area contributed by atoms with Crippen LogP contribution in [-0.2, 0) is 5.54 Å². The second-order valence-corrected chi connectivity index (χ2v) is 5.18. The van der Waals surface area contributed by atoms with E-state index in [1.54, 1.807) is 0 Å². The lowest BCUT2D eigenvalue weighted by Crippen LogP contribution is -2.18. The summed E-state index contributed by atoms with van der Waals surface area (Å²) < 4.78 is 0. The molecule has 0 radical (unpaired) electrons. The van der Waals surface area contributed by atoms with Gasteiger partial charge in [0.2, 0.25) is 0 Å². The highest BCUT2D eigenvalue weighted by molar-refractivity contribution is 5.82. The second kappa shape index (κ2) is 3.08. The molecule has 0 aliphatic heterocycles. The first-order valence-corrected chi connectivity index (χ1v) is 5.87. The third-order valence-electron chi connectivity index (χ3n) is 3.53. The molecule has 3 rings (SSSR count). The Labute approximate surface area is 95.0 Å². The van der Waals surface area contributed by atoms with Gasteiger partial charge in [0.1, 0.15) is 0 Å². The van der Waals surface area contributed by atoms with E-state index >= 15 is 0 Å². The number of hydrogen-bond donors (Lipinski definition) is 2. The fourth-order valence-corrected chi connectivity index (χ4v) is 2.21. The van der Waals surface area contributed by atoms with Crippen molar-refractivity contribution in [2.75, 3.05) is 0 Å². The highest BCUT2D eigenvalue weighted by Gasteiger charge is 2.40. The van der Waals surface area contributed by atoms with Crippen molar-refractivity contribution < 1.29 is 0 Å². The minimum atomic E-state index is -0.0644. The summed E-state index contributed by atoms with van der Waals surface area (Å²) in [6.45, 7) is 4.35. The van der Waals surface area contributed by atoms with E-state index in [-0.39, 0.29) is 5.54 Å². The molecule has 84 valence electrons. The normalized spacial score (nSPS) is 18.2. The Hall–Kier alpha value is -1.35. The van der Waals surface area contributed by atoms with Crippen molar-refractivity contribution in [1.82, 2.24) is 10.2 Å². The van der Waals surface area contributed by atoms with E-state index < -0.39 is 0 Å². The predicted molar refractivity (Wildman–Crippen MR) is 65.3 cm³/mol. The van der Waals surface area contributed by atoms with Gasteiger partial charge in [-0.3, -0.25) is 5.10 Å². The third kappa shape index (κ3) is 1.35. The number of H-pyrrole nitrogens is 1. The molecule has 2 aromatic rings. The summed E-state index contributed by atoms with van der Waals surface area (Å²) in [4.78, 5) is 0. The van der Waals surface area contributed by atoms with Crippen molar-refractivity contribution in [2.45, 2.75) is 38.1 Å². The Kier molecular flexibility index (Phi) is 1.89. The fourth-order valence-electron chi connectivity index (χ4n) is 2.21. The van der Waals surface area contributed by atoms with Gasteiger partial charge >= 0.3 is 0 Å². The van der Waals surface area contributed by atoms with Gasteiger partial charge in [0.05, 0.1) is 5.52 Å². The fraction of sp³-hybridized carbons (Fsp3) is 0.462. The number of aromatic amines is 1. The standard InChI is InChI=1S/C13H17N3/c1-8(2)12-10-4-3-9(13(14)5-6-13)7-11(10)15-16-12/h3-4,7-8H,5-6,14H2,1-2H3,(H,15,16). The molecule has 0 atom stereocenters. The number of nitrogens with zero attached hydrogens (tertiary/aromatic N) is 1. The monoisotopic (exact) mass is 215 g/mol. The summed E-state index contributed by atoms with van der Waals surface area (Å²) in [5.41, 5.74) is 9.60. The van der Waals surface area contributed by atoms with Crippen LogP contribution in [0, 0.1) is 0 Å². The van der Waals surface area contributed by atoms with Gasteiger partial charge in [0.25, 0.3) is 0 Å². The first-order chi connectivity index (χ1) is 7.60. The number of nitrogens with one attached hydrogen (secondary N) is 1. The molecule has 16 heavy (non-hydrogen) atoms. The van der Waals surface area contributed by atoms with Crippen LogP contribution in [0.2, 0.25) is 0 Å². The van der Waals surface area contributed by atoms with Crippen LogP contribution in [0.3, 0.4) is 0 Å². The Morgan fingerprint density at radius 1 is 1.38 bits per heavy atom. The second-order valence-electron chi connectivity index (χ2n) is 5.18. The third-order valence-corrected chi connectivity index (χ3v) is 3.53. The minimum Gasteiger partial charge on any atom is -0.321 e. The molecule has 1 saturated carbocycles. The molecular weight excluding hydrogens is 198 g/mol. The Balaban J connectivity index is 2.13. The largest absolute Gasteiger partial charge is 0.321 e. The van der Waals surface area contributed by atoms with Crippen molar-refractivity contribution in [3.05, 3.63) is 29.5 Å². The first-order valence-electron chi connectivity index (χ1n) is 5.87. The van der Waals surface area contributed by atoms with Crippen LogP contribution in [0.15, 0.2) is 18.2 Å². The van der Waals surface area contributed by atoms with Crippen LogP contribution >= 0.6 is 0 Å². The molecule has 1 aliphatic carbocycles. The predicted octanol–water partition coefficient (Wildman–Crippen LogP) is 2.63. The van der Waals surface area contributed by atoms with E-state index in [0.717, 1.165) is 18.4 Å². The summed E-state index contributed by atoms with van der Waals surface area (Å²) in [5, 5.41) is 8.71. The maximum atomic E-state index is 6.19. The number of aromatic nitrogens is 2. The molecule has 1 fully saturated rings. The summed E-state index contributed by atoms with van der Waals surface area (Å²) in [7, 11) is 0. The van der Waals surface area contributed by atoms with Crippen LogP contribution in [0.5, 0.6) is 0 Å². The van der Waals surface area contributed by atoms with Crippen molar-refractivity contribution in [3.63, 3.8) is 0 Å². The molecule has 1 aromatic carbocycles. The van der Waals surface area contributed by atoms with Crippen LogP contribution in [-0.4, -0.2) is 10.2 Å². The van der Waals surface area contributed by atoms with Crippen LogP contribution in [0.25, 0.3) is 10.9 Å². The SMILES string of the molecule is CC(C)c1[nH]nc2cc(C3(N)CC3)ccc12. The summed E-state index contributed by atoms with van der Waals surface area (Å²) >= 11 is 0. The maximum absolute atomic E-state index is 6.19. The molecule has 0 amide bonds. The van der Waals surface area contributed by atoms with Crippen LogP contribution in [0.4, 0.5) is 0 Å². The lowest BCUT2D eigenvalue weighted by atomic mass is 10.0. The molecule has 1 heterocycles. The average molecular weight is 215 g/mol. The van der Waals surface area contributed by atoms with Gasteiger partial charge in [-0.25, -0.2) is 0 Å². The van der Waals surface area contributed by atoms with E-state index in [2.05, 4.69) is 42.2 Å². The number of hydrogen-bond acceptors (Lipinski definition) is 2. The van der Waals surface area contributed by atoms with E-state index in [1.807, 2.05) is 0 Å². The van der Waals surface area contributed by atoms with Gasteiger partial charge in [0.15, 0.2) is 0 Å². The quantitative estimate of drug-likeness (QED) is 0.809. The summed E-state index contributed by atoms with van der Waals surface area (Å²) in [6.07, 6.45) is 2.19.